The van der Waals surface area contributed by atoms with Crippen LogP contribution in [0.2, 0.25) is 0 Å². The highest BCUT2D eigenvalue weighted by molar-refractivity contribution is 5.19. The highest BCUT2D eigenvalue weighted by Crippen LogP contribution is 2.16. The fraction of sp³-hybridized carbons (Fsp3) is 0.538. The molecule has 16 heavy (non-hydrogen) atoms. The Kier molecular flexibility index (Phi) is 4.90. The first-order valence-electron chi connectivity index (χ1n) is 5.68. The van der Waals surface area contributed by atoms with E-state index in [1.54, 1.807) is 18.2 Å². The summed E-state index contributed by atoms with van der Waals surface area (Å²) in [6, 6.07) is 6.64. The van der Waals surface area contributed by atoms with E-state index in [1.807, 2.05) is 0 Å². The van der Waals surface area contributed by atoms with Gasteiger partial charge < -0.3 is 10.4 Å². The number of aliphatic hydroxyl groups is 1. The Hall–Kier alpha value is -0.930. The summed E-state index contributed by atoms with van der Waals surface area (Å²) in [4.78, 5) is 0. The molecule has 0 radical (unpaired) electrons. The molecule has 0 saturated carbocycles. The molecule has 2 N–H and O–H groups in total. The first kappa shape index (κ1) is 13.1. The van der Waals surface area contributed by atoms with Gasteiger partial charge in [0.05, 0.1) is 6.10 Å². The minimum Gasteiger partial charge on any atom is -0.387 e. The van der Waals surface area contributed by atoms with Gasteiger partial charge in [-0.25, -0.2) is 4.39 Å². The van der Waals surface area contributed by atoms with Crippen LogP contribution in [-0.2, 0) is 0 Å². The van der Waals surface area contributed by atoms with Crippen LogP contribution in [0.25, 0.3) is 0 Å². The first-order chi connectivity index (χ1) is 7.52. The zero-order chi connectivity index (χ0) is 12.1. The summed E-state index contributed by atoms with van der Waals surface area (Å²) in [6.45, 7) is 6.64. The van der Waals surface area contributed by atoms with Gasteiger partial charge >= 0.3 is 0 Å². The molecular weight excluding hydrogens is 205 g/mol. The second-order valence-corrected chi connectivity index (χ2v) is 4.48. The second kappa shape index (κ2) is 5.97. The molecule has 0 saturated heterocycles. The third-order valence-corrected chi connectivity index (χ3v) is 2.90. The molecule has 0 amide bonds. The van der Waals surface area contributed by atoms with E-state index in [4.69, 9.17) is 0 Å². The Bertz CT molecular complexity index is 327. The van der Waals surface area contributed by atoms with Crippen LogP contribution in [0.4, 0.5) is 4.39 Å². The molecule has 1 aromatic rings. The lowest BCUT2D eigenvalue weighted by molar-refractivity contribution is 0.163. The van der Waals surface area contributed by atoms with Crippen molar-refractivity contribution in [2.45, 2.75) is 32.9 Å². The quantitative estimate of drug-likeness (QED) is 0.807. The molecule has 0 bridgehead atoms. The van der Waals surface area contributed by atoms with Crippen molar-refractivity contribution >= 4 is 0 Å². The molecular formula is C13H20FNO. The van der Waals surface area contributed by atoms with Crippen LogP contribution in [0.5, 0.6) is 0 Å². The van der Waals surface area contributed by atoms with Crippen LogP contribution in [0.15, 0.2) is 24.3 Å². The number of hydrogen-bond acceptors (Lipinski definition) is 2. The molecule has 2 atom stereocenters. The summed E-state index contributed by atoms with van der Waals surface area (Å²) in [5.74, 6) is 0.141. The van der Waals surface area contributed by atoms with Crippen molar-refractivity contribution in [2.24, 2.45) is 5.92 Å². The second-order valence-electron chi connectivity index (χ2n) is 4.48. The van der Waals surface area contributed by atoms with Gasteiger partial charge in [-0.15, -0.1) is 0 Å². The van der Waals surface area contributed by atoms with Crippen LogP contribution < -0.4 is 5.32 Å². The molecule has 0 aliphatic heterocycles. The topological polar surface area (TPSA) is 32.3 Å². The summed E-state index contributed by atoms with van der Waals surface area (Å²) < 4.78 is 13.3. The smallest absolute Gasteiger partial charge is 0.129 e. The van der Waals surface area contributed by atoms with Crippen LogP contribution in [0.3, 0.4) is 0 Å². The number of hydrogen-bond donors (Lipinski definition) is 2. The molecule has 2 unspecified atom stereocenters. The van der Waals surface area contributed by atoms with Crippen molar-refractivity contribution in [3.63, 3.8) is 0 Å². The zero-order valence-electron chi connectivity index (χ0n) is 10.1. The van der Waals surface area contributed by atoms with Gasteiger partial charge in [-0.05, 0) is 18.9 Å². The monoisotopic (exact) mass is 225 g/mol. The lowest BCUT2D eigenvalue weighted by Gasteiger charge is -2.20. The maximum absolute atomic E-state index is 13.3. The van der Waals surface area contributed by atoms with Crippen molar-refractivity contribution in [3.05, 3.63) is 35.6 Å². The fourth-order valence-corrected chi connectivity index (χ4v) is 1.39. The average molecular weight is 225 g/mol. The van der Waals surface area contributed by atoms with Gasteiger partial charge in [-0.1, -0.05) is 32.0 Å². The molecule has 0 heterocycles. The third-order valence-electron chi connectivity index (χ3n) is 2.90. The third kappa shape index (κ3) is 3.58. The van der Waals surface area contributed by atoms with Crippen LogP contribution in [0, 0.1) is 11.7 Å². The van der Waals surface area contributed by atoms with E-state index < -0.39 is 6.10 Å². The molecule has 3 heteroatoms. The molecule has 0 aliphatic carbocycles. The number of halogens is 1. The lowest BCUT2D eigenvalue weighted by Crippen LogP contribution is -2.34. The molecule has 2 nitrogen and oxygen atoms in total. The maximum atomic E-state index is 13.3. The molecule has 0 spiro atoms. The van der Waals surface area contributed by atoms with Crippen molar-refractivity contribution in [1.82, 2.24) is 5.32 Å². The normalized spacial score (nSPS) is 15.1. The maximum Gasteiger partial charge on any atom is 0.129 e. The van der Waals surface area contributed by atoms with Crippen LogP contribution in [-0.4, -0.2) is 17.7 Å². The van der Waals surface area contributed by atoms with Gasteiger partial charge in [-0.3, -0.25) is 0 Å². The van der Waals surface area contributed by atoms with E-state index in [9.17, 15) is 9.50 Å². The highest BCUT2D eigenvalue weighted by atomic mass is 19.1. The average Bonchev–Trinajstić information content (AvgIpc) is 2.25. The molecule has 0 fully saturated rings. The number of rotatable bonds is 5. The van der Waals surface area contributed by atoms with Gasteiger partial charge in [0.15, 0.2) is 0 Å². The standard InChI is InChI=1S/C13H20FNO/c1-9(2)10(3)15-8-13(16)11-6-4-5-7-12(11)14/h4-7,9-10,13,15-16H,8H2,1-3H3. The Morgan fingerprint density at radius 3 is 2.44 bits per heavy atom. The number of nitrogens with one attached hydrogen (secondary N) is 1. The van der Waals surface area contributed by atoms with E-state index in [0.29, 0.717) is 24.1 Å². The summed E-state index contributed by atoms with van der Waals surface area (Å²) in [5, 5.41) is 13.0. The van der Waals surface area contributed by atoms with E-state index in [2.05, 4.69) is 26.1 Å². The molecule has 90 valence electrons. The zero-order valence-corrected chi connectivity index (χ0v) is 10.1. The Balaban J connectivity index is 2.53. The highest BCUT2D eigenvalue weighted by Gasteiger charge is 2.14. The Morgan fingerprint density at radius 1 is 1.25 bits per heavy atom. The molecule has 0 aliphatic rings. The number of aliphatic hydroxyl groups excluding tert-OH is 1. The van der Waals surface area contributed by atoms with Gasteiger partial charge in [0.25, 0.3) is 0 Å². The summed E-state index contributed by atoms with van der Waals surface area (Å²) in [6.07, 6.45) is -0.789. The SMILES string of the molecule is CC(C)C(C)NCC(O)c1ccccc1F. The molecule has 0 aromatic heterocycles. The van der Waals surface area contributed by atoms with E-state index in [1.165, 1.54) is 6.07 Å². The Morgan fingerprint density at radius 2 is 1.88 bits per heavy atom. The fourth-order valence-electron chi connectivity index (χ4n) is 1.39. The van der Waals surface area contributed by atoms with Crippen molar-refractivity contribution in [1.29, 1.82) is 0 Å². The van der Waals surface area contributed by atoms with Gasteiger partial charge in [-0.2, -0.15) is 0 Å². The predicted molar refractivity (Wildman–Crippen MR) is 63.7 cm³/mol. The van der Waals surface area contributed by atoms with Gasteiger partial charge in [0.1, 0.15) is 5.82 Å². The van der Waals surface area contributed by atoms with E-state index in [0.717, 1.165) is 0 Å². The van der Waals surface area contributed by atoms with Gasteiger partial charge in [0, 0.05) is 18.2 Å². The van der Waals surface area contributed by atoms with Gasteiger partial charge in [0.2, 0.25) is 0 Å². The van der Waals surface area contributed by atoms with Crippen LogP contribution in [0.1, 0.15) is 32.4 Å². The number of benzene rings is 1. The largest absolute Gasteiger partial charge is 0.387 e. The minimum atomic E-state index is -0.789. The van der Waals surface area contributed by atoms with Crippen molar-refractivity contribution < 1.29 is 9.50 Å². The van der Waals surface area contributed by atoms with Crippen molar-refractivity contribution in [2.75, 3.05) is 6.54 Å². The van der Waals surface area contributed by atoms with Crippen LogP contribution >= 0.6 is 0 Å². The predicted octanol–water partition coefficient (Wildman–Crippen LogP) is 2.49. The first-order valence-corrected chi connectivity index (χ1v) is 5.68. The van der Waals surface area contributed by atoms with E-state index >= 15 is 0 Å². The molecule has 1 rings (SSSR count). The summed E-state index contributed by atoms with van der Waals surface area (Å²) >= 11 is 0. The summed E-state index contributed by atoms with van der Waals surface area (Å²) in [5.41, 5.74) is 0.353. The van der Waals surface area contributed by atoms with E-state index in [-0.39, 0.29) is 5.82 Å². The Labute approximate surface area is 96.5 Å². The summed E-state index contributed by atoms with van der Waals surface area (Å²) in [7, 11) is 0. The molecule has 1 aromatic carbocycles. The minimum absolute atomic E-state index is 0.307. The van der Waals surface area contributed by atoms with Crippen molar-refractivity contribution in [3.8, 4) is 0 Å². The lowest BCUT2D eigenvalue weighted by atomic mass is 10.0.